The van der Waals surface area contributed by atoms with Gasteiger partial charge in [0.15, 0.2) is 0 Å². The number of alkyl halides is 2. The predicted octanol–water partition coefficient (Wildman–Crippen LogP) is 5.78. The van der Waals surface area contributed by atoms with Gasteiger partial charge in [0.1, 0.15) is 6.04 Å². The van der Waals surface area contributed by atoms with E-state index in [4.69, 9.17) is 23.2 Å². The number of rotatable bonds is 17. The average Bonchev–Trinajstić information content (AvgIpc) is 2.52. The van der Waals surface area contributed by atoms with Gasteiger partial charge in [-0.1, -0.05) is 71.6 Å². The van der Waals surface area contributed by atoms with E-state index in [2.05, 4.69) is 13.8 Å². The lowest BCUT2D eigenvalue weighted by Gasteiger charge is -2.27. The third-order valence-electron chi connectivity index (χ3n) is 4.48. The number of carboxylic acid groups (broad SMARTS) is 1. The van der Waals surface area contributed by atoms with Crippen LogP contribution in [0.2, 0.25) is 0 Å². The molecule has 24 heavy (non-hydrogen) atoms. The summed E-state index contributed by atoms with van der Waals surface area (Å²) in [7, 11) is 0. The zero-order valence-corrected chi connectivity index (χ0v) is 17.1. The fraction of sp³-hybridized carbons (Fsp3) is 0.947. The molecule has 1 N–H and O–H groups in total. The van der Waals surface area contributed by atoms with Gasteiger partial charge in [-0.15, -0.1) is 23.2 Å². The molecule has 0 heterocycles. The van der Waals surface area contributed by atoms with Gasteiger partial charge in [-0.05, 0) is 12.3 Å². The maximum atomic E-state index is 11.5. The summed E-state index contributed by atoms with van der Waals surface area (Å²) >= 11 is 11.5. The van der Waals surface area contributed by atoms with E-state index < -0.39 is 12.0 Å². The molecule has 0 aromatic heterocycles. The Morgan fingerprint density at radius 2 is 1.25 bits per heavy atom. The maximum absolute atomic E-state index is 11.5. The normalized spacial score (nSPS) is 12.9. The SMILES string of the molecule is CC(C)CCCCCCCCCCC(C(=O)O)N(CCCl)CCCl. The Hall–Kier alpha value is 0.01000. The lowest BCUT2D eigenvalue weighted by Crippen LogP contribution is -2.43. The van der Waals surface area contributed by atoms with Crippen molar-refractivity contribution >= 4 is 29.2 Å². The van der Waals surface area contributed by atoms with Crippen molar-refractivity contribution in [1.82, 2.24) is 4.90 Å². The molecule has 0 aliphatic rings. The van der Waals surface area contributed by atoms with Crippen LogP contribution in [0.1, 0.15) is 78.1 Å². The molecule has 144 valence electrons. The van der Waals surface area contributed by atoms with Crippen LogP contribution in [0.3, 0.4) is 0 Å². The van der Waals surface area contributed by atoms with Crippen LogP contribution in [0.4, 0.5) is 0 Å². The van der Waals surface area contributed by atoms with Crippen molar-refractivity contribution in [2.24, 2.45) is 5.92 Å². The minimum atomic E-state index is -0.754. The van der Waals surface area contributed by atoms with Gasteiger partial charge in [0, 0.05) is 24.8 Å². The lowest BCUT2D eigenvalue weighted by atomic mass is 10.0. The van der Waals surface area contributed by atoms with Crippen LogP contribution in [0.15, 0.2) is 0 Å². The molecule has 0 fully saturated rings. The third-order valence-corrected chi connectivity index (χ3v) is 4.82. The molecule has 0 aromatic carbocycles. The van der Waals surface area contributed by atoms with Crippen LogP contribution in [0.5, 0.6) is 0 Å². The van der Waals surface area contributed by atoms with E-state index in [1.54, 1.807) is 0 Å². The van der Waals surface area contributed by atoms with E-state index >= 15 is 0 Å². The van der Waals surface area contributed by atoms with E-state index in [1.807, 2.05) is 4.90 Å². The van der Waals surface area contributed by atoms with E-state index in [-0.39, 0.29) is 0 Å². The largest absolute Gasteiger partial charge is 0.480 e. The molecule has 1 unspecified atom stereocenters. The highest BCUT2D eigenvalue weighted by atomic mass is 35.5. The first-order valence-electron chi connectivity index (χ1n) is 9.61. The van der Waals surface area contributed by atoms with Crippen molar-refractivity contribution in [3.05, 3.63) is 0 Å². The molecule has 0 rings (SSSR count). The van der Waals surface area contributed by atoms with Gasteiger partial charge in [0.2, 0.25) is 0 Å². The van der Waals surface area contributed by atoms with Gasteiger partial charge in [0.05, 0.1) is 0 Å². The quantitative estimate of drug-likeness (QED) is 0.256. The first-order valence-corrected chi connectivity index (χ1v) is 10.7. The van der Waals surface area contributed by atoms with Crippen LogP contribution in [0.25, 0.3) is 0 Å². The number of unbranched alkanes of at least 4 members (excludes halogenated alkanes) is 7. The summed E-state index contributed by atoms with van der Waals surface area (Å²) in [4.78, 5) is 13.4. The topological polar surface area (TPSA) is 40.5 Å². The van der Waals surface area contributed by atoms with E-state index in [0.29, 0.717) is 31.3 Å². The lowest BCUT2D eigenvalue weighted by molar-refractivity contribution is -0.143. The smallest absolute Gasteiger partial charge is 0.320 e. The highest BCUT2D eigenvalue weighted by Crippen LogP contribution is 2.15. The number of halogens is 2. The van der Waals surface area contributed by atoms with Crippen LogP contribution >= 0.6 is 23.2 Å². The van der Waals surface area contributed by atoms with Crippen molar-refractivity contribution in [3.8, 4) is 0 Å². The molecule has 0 radical (unpaired) electrons. The number of hydrogen-bond acceptors (Lipinski definition) is 2. The van der Waals surface area contributed by atoms with Crippen molar-refractivity contribution in [1.29, 1.82) is 0 Å². The fourth-order valence-electron chi connectivity index (χ4n) is 3.05. The summed E-state index contributed by atoms with van der Waals surface area (Å²) in [6, 6.07) is -0.446. The second-order valence-electron chi connectivity index (χ2n) is 7.07. The summed E-state index contributed by atoms with van der Waals surface area (Å²) in [6.07, 6.45) is 12.0. The maximum Gasteiger partial charge on any atom is 0.320 e. The van der Waals surface area contributed by atoms with Crippen LogP contribution in [-0.2, 0) is 4.79 Å². The number of carbonyl (C=O) groups is 1. The van der Waals surface area contributed by atoms with Gasteiger partial charge in [-0.3, -0.25) is 9.69 Å². The molecule has 0 aromatic rings. The summed E-state index contributed by atoms with van der Waals surface area (Å²) in [5.41, 5.74) is 0. The van der Waals surface area contributed by atoms with Gasteiger partial charge >= 0.3 is 5.97 Å². The molecular weight excluding hydrogens is 345 g/mol. The minimum absolute atomic E-state index is 0.442. The summed E-state index contributed by atoms with van der Waals surface area (Å²) < 4.78 is 0. The van der Waals surface area contributed by atoms with Gasteiger partial charge in [0.25, 0.3) is 0 Å². The number of carboxylic acids is 1. The summed E-state index contributed by atoms with van der Waals surface area (Å²) in [6.45, 7) is 5.74. The first-order chi connectivity index (χ1) is 11.5. The Balaban J connectivity index is 3.75. The van der Waals surface area contributed by atoms with E-state index in [0.717, 1.165) is 18.8 Å². The third kappa shape index (κ3) is 13.3. The molecule has 0 saturated heterocycles. The van der Waals surface area contributed by atoms with Crippen LogP contribution < -0.4 is 0 Å². The number of aliphatic carboxylic acids is 1. The van der Waals surface area contributed by atoms with Gasteiger partial charge in [-0.2, -0.15) is 0 Å². The molecule has 0 aliphatic heterocycles. The molecular formula is C19H37Cl2NO2. The summed E-state index contributed by atoms with van der Waals surface area (Å²) in [5, 5.41) is 9.43. The monoisotopic (exact) mass is 381 g/mol. The van der Waals surface area contributed by atoms with Crippen molar-refractivity contribution in [2.45, 2.75) is 84.1 Å². The highest BCUT2D eigenvalue weighted by Gasteiger charge is 2.24. The number of nitrogens with zero attached hydrogens (tertiary/aromatic N) is 1. The van der Waals surface area contributed by atoms with E-state index in [1.165, 1.54) is 44.9 Å². The molecule has 0 spiro atoms. The molecule has 0 aliphatic carbocycles. The Morgan fingerprint density at radius 1 is 0.833 bits per heavy atom. The van der Waals surface area contributed by atoms with Crippen LogP contribution in [0, 0.1) is 5.92 Å². The van der Waals surface area contributed by atoms with Crippen LogP contribution in [-0.4, -0.2) is 46.9 Å². The molecule has 0 bridgehead atoms. The number of hydrogen-bond donors (Lipinski definition) is 1. The molecule has 5 heteroatoms. The highest BCUT2D eigenvalue weighted by molar-refractivity contribution is 6.18. The zero-order valence-electron chi connectivity index (χ0n) is 15.6. The Labute approximate surface area is 159 Å². The average molecular weight is 382 g/mol. The molecule has 3 nitrogen and oxygen atoms in total. The molecule has 1 atom stereocenters. The van der Waals surface area contributed by atoms with Crippen molar-refractivity contribution in [3.63, 3.8) is 0 Å². The Morgan fingerprint density at radius 3 is 1.62 bits per heavy atom. The second-order valence-corrected chi connectivity index (χ2v) is 7.82. The Bertz CT molecular complexity index is 295. The van der Waals surface area contributed by atoms with Gasteiger partial charge < -0.3 is 5.11 Å². The standard InChI is InChI=1S/C19H37Cl2NO2/c1-17(2)11-9-7-5-3-4-6-8-10-12-18(19(23)24)22(15-13-20)16-14-21/h17-18H,3-16H2,1-2H3,(H,23,24). The van der Waals surface area contributed by atoms with Crippen molar-refractivity contribution < 1.29 is 9.90 Å². The molecule has 0 saturated carbocycles. The minimum Gasteiger partial charge on any atom is -0.480 e. The first kappa shape index (κ1) is 24.0. The zero-order chi connectivity index (χ0) is 18.2. The fourth-order valence-corrected chi connectivity index (χ4v) is 3.49. The second kappa shape index (κ2) is 16.5. The van der Waals surface area contributed by atoms with E-state index in [9.17, 15) is 9.90 Å². The van der Waals surface area contributed by atoms with Crippen molar-refractivity contribution in [2.75, 3.05) is 24.8 Å². The Kier molecular flexibility index (Phi) is 16.5. The van der Waals surface area contributed by atoms with Gasteiger partial charge in [-0.25, -0.2) is 0 Å². The predicted molar refractivity (Wildman–Crippen MR) is 105 cm³/mol. The summed E-state index contributed by atoms with van der Waals surface area (Å²) in [5.74, 6) is 0.953. The molecule has 0 amide bonds.